The number of carbonyl (C=O) groups is 2. The molecule has 0 saturated carbocycles. The van der Waals surface area contributed by atoms with E-state index in [0.29, 0.717) is 49.6 Å². The highest BCUT2D eigenvalue weighted by molar-refractivity contribution is 7.99. The van der Waals surface area contributed by atoms with Crippen LogP contribution in [0.15, 0.2) is 52.2 Å². The molecule has 3 heterocycles. The van der Waals surface area contributed by atoms with Crippen molar-refractivity contribution in [3.05, 3.63) is 59.8 Å². The van der Waals surface area contributed by atoms with E-state index in [0.717, 1.165) is 24.5 Å². The Morgan fingerprint density at radius 1 is 1.06 bits per heavy atom. The Labute approximate surface area is 215 Å². The summed E-state index contributed by atoms with van der Waals surface area (Å²) in [5, 5.41) is 9.41. The highest BCUT2D eigenvalue weighted by Gasteiger charge is 2.26. The predicted octanol–water partition coefficient (Wildman–Crippen LogP) is 3.75. The van der Waals surface area contributed by atoms with Gasteiger partial charge >= 0.3 is 0 Å². The van der Waals surface area contributed by atoms with Crippen molar-refractivity contribution in [1.82, 2.24) is 24.6 Å². The number of thioether (sulfide) groups is 1. The van der Waals surface area contributed by atoms with Crippen molar-refractivity contribution < 1.29 is 18.7 Å². The number of carbonyl (C=O) groups excluding carboxylic acids is 2. The molecule has 0 unspecified atom stereocenters. The largest absolute Gasteiger partial charge is 0.486 e. The molecule has 0 aliphatic carbocycles. The number of aromatic nitrogens is 3. The van der Waals surface area contributed by atoms with Crippen LogP contribution < -0.4 is 4.74 Å². The fourth-order valence-corrected chi connectivity index (χ4v) is 4.85. The molecule has 1 aliphatic rings. The van der Waals surface area contributed by atoms with E-state index in [2.05, 4.69) is 43.1 Å². The molecule has 3 aromatic rings. The van der Waals surface area contributed by atoms with Crippen LogP contribution in [-0.2, 0) is 24.4 Å². The van der Waals surface area contributed by atoms with E-state index in [1.807, 2.05) is 16.7 Å². The summed E-state index contributed by atoms with van der Waals surface area (Å²) in [4.78, 5) is 28.8. The number of rotatable bonds is 10. The smallest absolute Gasteiger partial charge is 0.289 e. The predicted molar refractivity (Wildman–Crippen MR) is 137 cm³/mol. The first-order chi connectivity index (χ1) is 17.4. The van der Waals surface area contributed by atoms with Crippen molar-refractivity contribution in [1.29, 1.82) is 0 Å². The molecule has 1 saturated heterocycles. The van der Waals surface area contributed by atoms with Crippen LogP contribution in [-0.4, -0.2) is 68.3 Å². The van der Waals surface area contributed by atoms with Crippen molar-refractivity contribution in [2.75, 3.05) is 31.9 Å². The Morgan fingerprint density at radius 2 is 1.78 bits per heavy atom. The fourth-order valence-electron chi connectivity index (χ4n) is 3.98. The van der Waals surface area contributed by atoms with Crippen molar-refractivity contribution in [2.24, 2.45) is 5.92 Å². The van der Waals surface area contributed by atoms with Crippen LogP contribution in [0.4, 0.5) is 0 Å². The van der Waals surface area contributed by atoms with Gasteiger partial charge in [-0.1, -0.05) is 44.7 Å². The molecule has 2 aromatic heterocycles. The summed E-state index contributed by atoms with van der Waals surface area (Å²) in [6.07, 6.45) is 2.48. The van der Waals surface area contributed by atoms with Gasteiger partial charge in [0, 0.05) is 32.7 Å². The molecule has 1 fully saturated rings. The van der Waals surface area contributed by atoms with E-state index in [9.17, 15) is 9.59 Å². The maximum Gasteiger partial charge on any atom is 0.289 e. The lowest BCUT2D eigenvalue weighted by Gasteiger charge is -2.34. The number of furan rings is 1. The van der Waals surface area contributed by atoms with Gasteiger partial charge in [-0.2, -0.15) is 0 Å². The van der Waals surface area contributed by atoms with Crippen LogP contribution in [0, 0.1) is 5.92 Å². The van der Waals surface area contributed by atoms with Gasteiger partial charge in [-0.15, -0.1) is 10.2 Å². The Kier molecular flexibility index (Phi) is 8.69. The second-order valence-electron chi connectivity index (χ2n) is 9.13. The molecule has 192 valence electrons. The third kappa shape index (κ3) is 6.48. The number of ether oxygens (including phenoxy) is 1. The van der Waals surface area contributed by atoms with E-state index >= 15 is 0 Å². The normalized spacial score (nSPS) is 13.9. The van der Waals surface area contributed by atoms with Crippen molar-refractivity contribution >= 4 is 23.6 Å². The standard InChI is InChI=1S/C26H33N5O4S/c1-4-20-7-9-21(10-8-20)35-17-23-27-28-26(31(23)16-19(2)3)36-18-24(32)29-11-13-30(14-12-29)25(33)22-6-5-15-34-22/h5-10,15,19H,4,11-14,16-18H2,1-3H3. The molecule has 1 aromatic carbocycles. The zero-order valence-corrected chi connectivity index (χ0v) is 21.9. The van der Waals surface area contributed by atoms with Crippen LogP contribution in [0.2, 0.25) is 0 Å². The molecule has 0 radical (unpaired) electrons. The topological polar surface area (TPSA) is 93.7 Å². The average molecular weight is 512 g/mol. The van der Waals surface area contributed by atoms with Gasteiger partial charge in [0.1, 0.15) is 12.4 Å². The Balaban J connectivity index is 1.31. The van der Waals surface area contributed by atoms with Gasteiger partial charge in [-0.3, -0.25) is 9.59 Å². The molecule has 4 rings (SSSR count). The zero-order chi connectivity index (χ0) is 25.5. The minimum absolute atomic E-state index is 0.0259. The lowest BCUT2D eigenvalue weighted by atomic mass is 10.2. The second kappa shape index (κ2) is 12.1. The molecule has 0 bridgehead atoms. The maximum atomic E-state index is 12.9. The highest BCUT2D eigenvalue weighted by Crippen LogP contribution is 2.21. The summed E-state index contributed by atoms with van der Waals surface area (Å²) in [5.41, 5.74) is 1.26. The number of nitrogens with zero attached hydrogens (tertiary/aromatic N) is 5. The van der Waals surface area contributed by atoms with Crippen molar-refractivity contribution in [3.8, 4) is 5.75 Å². The lowest BCUT2D eigenvalue weighted by molar-refractivity contribution is -0.129. The number of hydrogen-bond acceptors (Lipinski definition) is 7. The van der Waals surface area contributed by atoms with Crippen LogP contribution in [0.3, 0.4) is 0 Å². The Bertz CT molecular complexity index is 1140. The summed E-state index contributed by atoms with van der Waals surface area (Å²) in [7, 11) is 0. The molecule has 2 amide bonds. The Morgan fingerprint density at radius 3 is 2.42 bits per heavy atom. The van der Waals surface area contributed by atoms with E-state index in [-0.39, 0.29) is 17.6 Å². The third-order valence-corrected chi connectivity index (χ3v) is 6.97. The first-order valence-corrected chi connectivity index (χ1v) is 13.3. The lowest BCUT2D eigenvalue weighted by Crippen LogP contribution is -2.51. The first-order valence-electron chi connectivity index (χ1n) is 12.3. The molecule has 0 N–H and O–H groups in total. The summed E-state index contributed by atoms with van der Waals surface area (Å²) in [6, 6.07) is 11.4. The minimum atomic E-state index is -0.140. The third-order valence-electron chi connectivity index (χ3n) is 6.02. The molecular formula is C26H33N5O4S. The van der Waals surface area contributed by atoms with Gasteiger partial charge in [0.25, 0.3) is 5.91 Å². The van der Waals surface area contributed by atoms with E-state index in [1.54, 1.807) is 21.9 Å². The number of benzene rings is 1. The first kappa shape index (κ1) is 25.8. The van der Waals surface area contributed by atoms with Crippen LogP contribution in [0.5, 0.6) is 5.75 Å². The van der Waals surface area contributed by atoms with Crippen LogP contribution in [0.1, 0.15) is 42.7 Å². The summed E-state index contributed by atoms with van der Waals surface area (Å²) < 4.78 is 13.2. The van der Waals surface area contributed by atoms with Crippen LogP contribution in [0.25, 0.3) is 0 Å². The van der Waals surface area contributed by atoms with Crippen molar-refractivity contribution in [3.63, 3.8) is 0 Å². The van der Waals surface area contributed by atoms with Gasteiger partial charge in [-0.25, -0.2) is 0 Å². The quantitative estimate of drug-likeness (QED) is 0.383. The Hall–Kier alpha value is -3.27. The molecule has 9 nitrogen and oxygen atoms in total. The molecule has 1 aliphatic heterocycles. The summed E-state index contributed by atoms with van der Waals surface area (Å²) in [6.45, 7) is 9.42. The SMILES string of the molecule is CCc1ccc(OCc2nnc(SCC(=O)N3CCN(C(=O)c4ccco4)CC3)n2CC(C)C)cc1. The molecule has 0 atom stereocenters. The molecule has 10 heteroatoms. The van der Waals surface area contributed by atoms with Crippen LogP contribution >= 0.6 is 11.8 Å². The van der Waals surface area contributed by atoms with Crippen molar-refractivity contribution in [2.45, 2.75) is 45.5 Å². The molecular weight excluding hydrogens is 478 g/mol. The van der Waals surface area contributed by atoms with Gasteiger partial charge in [-0.05, 0) is 42.2 Å². The minimum Gasteiger partial charge on any atom is -0.486 e. The van der Waals surface area contributed by atoms with Gasteiger partial charge in [0.2, 0.25) is 5.91 Å². The number of amides is 2. The van der Waals surface area contributed by atoms with E-state index < -0.39 is 0 Å². The summed E-state index contributed by atoms with van der Waals surface area (Å²) in [5.74, 6) is 2.40. The van der Waals surface area contributed by atoms with Gasteiger partial charge in [0.15, 0.2) is 16.7 Å². The number of hydrogen-bond donors (Lipinski definition) is 0. The monoisotopic (exact) mass is 511 g/mol. The highest BCUT2D eigenvalue weighted by atomic mass is 32.2. The molecule has 36 heavy (non-hydrogen) atoms. The maximum absolute atomic E-state index is 12.9. The molecule has 0 spiro atoms. The summed E-state index contributed by atoms with van der Waals surface area (Å²) >= 11 is 1.39. The average Bonchev–Trinajstić information content (AvgIpc) is 3.56. The van der Waals surface area contributed by atoms with E-state index in [4.69, 9.17) is 9.15 Å². The fraction of sp³-hybridized carbons (Fsp3) is 0.462. The van der Waals surface area contributed by atoms with Gasteiger partial charge < -0.3 is 23.5 Å². The number of aryl methyl sites for hydroxylation is 1. The zero-order valence-electron chi connectivity index (χ0n) is 21.1. The number of piperazine rings is 1. The second-order valence-corrected chi connectivity index (χ2v) is 10.1. The van der Waals surface area contributed by atoms with Gasteiger partial charge in [0.05, 0.1) is 12.0 Å². The van der Waals surface area contributed by atoms with E-state index in [1.165, 1.54) is 23.6 Å².